The fourth-order valence-corrected chi connectivity index (χ4v) is 11.1. The van der Waals surface area contributed by atoms with Crippen LogP contribution in [0.25, 0.3) is 138 Å². The van der Waals surface area contributed by atoms with Gasteiger partial charge in [0.2, 0.25) is 0 Å². The van der Waals surface area contributed by atoms with Crippen LogP contribution in [0.4, 0.5) is 0 Å². The molecule has 3 heteroatoms. The molecule has 0 radical (unpaired) electrons. The summed E-state index contributed by atoms with van der Waals surface area (Å²) < 4.78 is 2.49. The lowest BCUT2D eigenvalue weighted by Crippen LogP contribution is -1.99. The summed E-state index contributed by atoms with van der Waals surface area (Å²) in [6.07, 6.45) is 0. The van der Waals surface area contributed by atoms with Gasteiger partial charge in [0.25, 0.3) is 0 Å². The van der Waals surface area contributed by atoms with E-state index in [1.807, 2.05) is 12.1 Å². The number of para-hydroxylation sites is 2. The monoisotopic (exact) mass is 901 g/mol. The quantitative estimate of drug-likeness (QED) is 0.160. The summed E-state index contributed by atoms with van der Waals surface area (Å²) >= 11 is 0. The topological polar surface area (TPSA) is 30.7 Å². The average molecular weight is 902 g/mol. The van der Waals surface area contributed by atoms with Crippen LogP contribution in [0.1, 0.15) is 0 Å². The Balaban J connectivity index is 0.998. The van der Waals surface area contributed by atoms with E-state index in [0.29, 0.717) is 0 Å². The van der Waals surface area contributed by atoms with Crippen molar-refractivity contribution in [1.82, 2.24) is 14.5 Å². The standard InChI is InChI=1S/C68H43N3/c1-4-17-44(18-5-1)47-31-33-49(34-32-47)53-27-16-28-58-56(53)36-40-64-66(58)65-54-24-11-10-23-48(54)35-38-63(65)71(64)62-39-37-59(55-25-12-13-26-57(55)62)68-67(69-60-29-14-15-30-61(60)70-68)52-42-50(45-19-6-2-7-20-45)41-51(43-52)46-21-8-3-9-22-46/h1-43H. The van der Waals surface area contributed by atoms with Crippen LogP contribution in [0.5, 0.6) is 0 Å². The highest BCUT2D eigenvalue weighted by molar-refractivity contribution is 6.30. The van der Waals surface area contributed by atoms with Gasteiger partial charge in [0.15, 0.2) is 0 Å². The van der Waals surface area contributed by atoms with Gasteiger partial charge in [-0.3, -0.25) is 0 Å². The third kappa shape index (κ3) is 6.82. The highest BCUT2D eigenvalue weighted by atomic mass is 15.0. The lowest BCUT2D eigenvalue weighted by atomic mass is 9.92. The molecule has 2 heterocycles. The van der Waals surface area contributed by atoms with E-state index in [9.17, 15) is 0 Å². The van der Waals surface area contributed by atoms with E-state index < -0.39 is 0 Å². The summed E-state index contributed by atoms with van der Waals surface area (Å²) in [4.78, 5) is 11.0. The van der Waals surface area contributed by atoms with Crippen molar-refractivity contribution in [2.24, 2.45) is 0 Å². The molecule has 0 fully saturated rings. The minimum Gasteiger partial charge on any atom is -0.309 e. The third-order valence-electron chi connectivity index (χ3n) is 14.4. The molecule has 12 aromatic carbocycles. The first kappa shape index (κ1) is 40.6. The van der Waals surface area contributed by atoms with Crippen molar-refractivity contribution >= 4 is 65.2 Å². The molecule has 0 bridgehead atoms. The predicted octanol–water partition coefficient (Wildman–Crippen LogP) is 18.2. The molecular formula is C68H43N3. The van der Waals surface area contributed by atoms with Gasteiger partial charge in [-0.15, -0.1) is 0 Å². The Bertz CT molecular complexity index is 4310. The first-order chi connectivity index (χ1) is 35.2. The maximum absolute atomic E-state index is 5.52. The summed E-state index contributed by atoms with van der Waals surface area (Å²) in [7, 11) is 0. The molecule has 0 aliphatic rings. The third-order valence-corrected chi connectivity index (χ3v) is 14.4. The van der Waals surface area contributed by atoms with E-state index in [0.717, 1.165) is 77.8 Å². The zero-order chi connectivity index (χ0) is 46.8. The molecule has 330 valence electrons. The van der Waals surface area contributed by atoms with Gasteiger partial charge in [-0.25, -0.2) is 9.97 Å². The highest BCUT2D eigenvalue weighted by Crippen LogP contribution is 2.46. The van der Waals surface area contributed by atoms with Crippen molar-refractivity contribution in [2.45, 2.75) is 0 Å². The number of fused-ring (bicyclic) bond motifs is 9. The van der Waals surface area contributed by atoms with Crippen LogP contribution in [0, 0.1) is 0 Å². The van der Waals surface area contributed by atoms with E-state index in [-0.39, 0.29) is 0 Å². The minimum absolute atomic E-state index is 0.844. The van der Waals surface area contributed by atoms with Crippen molar-refractivity contribution in [3.05, 3.63) is 261 Å². The number of benzene rings is 12. The Hall–Kier alpha value is -9.44. The summed E-state index contributed by atoms with van der Waals surface area (Å²) in [5, 5.41) is 9.67. The molecule has 0 atom stereocenters. The molecule has 14 aromatic rings. The fraction of sp³-hybridized carbons (Fsp3) is 0. The number of rotatable bonds is 7. The second kappa shape index (κ2) is 16.7. The zero-order valence-electron chi connectivity index (χ0n) is 38.7. The van der Waals surface area contributed by atoms with E-state index in [1.54, 1.807) is 0 Å². The molecule has 71 heavy (non-hydrogen) atoms. The smallest absolute Gasteiger partial charge is 0.0979 e. The molecule has 0 N–H and O–H groups in total. The molecule has 0 amide bonds. The van der Waals surface area contributed by atoms with E-state index in [1.165, 1.54) is 60.1 Å². The maximum Gasteiger partial charge on any atom is 0.0979 e. The average Bonchev–Trinajstić information content (AvgIpc) is 3.80. The molecular weight excluding hydrogens is 859 g/mol. The number of hydrogen-bond acceptors (Lipinski definition) is 2. The van der Waals surface area contributed by atoms with E-state index in [2.05, 4.69) is 253 Å². The van der Waals surface area contributed by atoms with Crippen molar-refractivity contribution in [3.8, 4) is 72.7 Å². The molecule has 14 rings (SSSR count). The van der Waals surface area contributed by atoms with Crippen molar-refractivity contribution in [2.75, 3.05) is 0 Å². The van der Waals surface area contributed by atoms with Crippen LogP contribution in [0.15, 0.2) is 261 Å². The van der Waals surface area contributed by atoms with Crippen LogP contribution >= 0.6 is 0 Å². The summed E-state index contributed by atoms with van der Waals surface area (Å²) in [5.74, 6) is 0. The minimum atomic E-state index is 0.844. The first-order valence-corrected chi connectivity index (χ1v) is 24.3. The molecule has 0 unspecified atom stereocenters. The van der Waals surface area contributed by atoms with Gasteiger partial charge in [0, 0.05) is 27.3 Å². The van der Waals surface area contributed by atoms with Gasteiger partial charge in [0.05, 0.1) is 39.1 Å². The van der Waals surface area contributed by atoms with Crippen LogP contribution in [0.2, 0.25) is 0 Å². The van der Waals surface area contributed by atoms with Gasteiger partial charge in [-0.1, -0.05) is 206 Å². The lowest BCUT2D eigenvalue weighted by Gasteiger charge is -2.18. The van der Waals surface area contributed by atoms with Gasteiger partial charge in [0.1, 0.15) is 0 Å². The highest BCUT2D eigenvalue weighted by Gasteiger charge is 2.23. The molecule has 0 aliphatic carbocycles. The fourth-order valence-electron chi connectivity index (χ4n) is 11.1. The first-order valence-electron chi connectivity index (χ1n) is 24.3. The lowest BCUT2D eigenvalue weighted by molar-refractivity contribution is 1.20. The van der Waals surface area contributed by atoms with E-state index >= 15 is 0 Å². The van der Waals surface area contributed by atoms with Gasteiger partial charge in [-0.05, 0) is 126 Å². The zero-order valence-corrected chi connectivity index (χ0v) is 38.7. The Morgan fingerprint density at radius 2 is 0.732 bits per heavy atom. The second-order valence-electron chi connectivity index (χ2n) is 18.4. The molecule has 3 nitrogen and oxygen atoms in total. The van der Waals surface area contributed by atoms with Crippen LogP contribution in [-0.2, 0) is 0 Å². The molecule has 2 aromatic heterocycles. The Labute approximate surface area is 411 Å². The van der Waals surface area contributed by atoms with E-state index in [4.69, 9.17) is 9.97 Å². The molecule has 0 saturated carbocycles. The number of hydrogen-bond donors (Lipinski definition) is 0. The largest absolute Gasteiger partial charge is 0.309 e. The molecule has 0 spiro atoms. The van der Waals surface area contributed by atoms with Gasteiger partial charge < -0.3 is 4.57 Å². The van der Waals surface area contributed by atoms with Crippen LogP contribution in [0.3, 0.4) is 0 Å². The van der Waals surface area contributed by atoms with Crippen molar-refractivity contribution in [1.29, 1.82) is 0 Å². The SMILES string of the molecule is c1ccc(-c2ccc(-c3cccc4c3ccc3c4c4c5ccccc5ccc4n3-c3ccc(-c4nc5ccccc5nc4-c4cc(-c5ccccc5)cc(-c5ccccc5)c4)c4ccccc34)cc2)cc1. The maximum atomic E-state index is 5.52. The van der Waals surface area contributed by atoms with Crippen LogP contribution < -0.4 is 0 Å². The second-order valence-corrected chi connectivity index (χ2v) is 18.4. The molecule has 0 aliphatic heterocycles. The number of nitrogens with zero attached hydrogens (tertiary/aromatic N) is 3. The summed E-state index contributed by atoms with van der Waals surface area (Å²) in [6.45, 7) is 0. The van der Waals surface area contributed by atoms with Crippen molar-refractivity contribution in [3.63, 3.8) is 0 Å². The molecule has 0 saturated heterocycles. The van der Waals surface area contributed by atoms with Crippen molar-refractivity contribution < 1.29 is 0 Å². The van der Waals surface area contributed by atoms with Crippen LogP contribution in [-0.4, -0.2) is 14.5 Å². The Morgan fingerprint density at radius 3 is 1.41 bits per heavy atom. The number of aromatic nitrogens is 3. The summed E-state index contributed by atoms with van der Waals surface area (Å²) in [6, 6.07) is 94.2. The Morgan fingerprint density at radius 1 is 0.254 bits per heavy atom. The normalized spacial score (nSPS) is 11.7. The van der Waals surface area contributed by atoms with Gasteiger partial charge in [-0.2, -0.15) is 0 Å². The summed E-state index contributed by atoms with van der Waals surface area (Å²) in [5.41, 5.74) is 18.3. The van der Waals surface area contributed by atoms with Gasteiger partial charge >= 0.3 is 0 Å². The Kier molecular flexibility index (Phi) is 9.53. The predicted molar refractivity (Wildman–Crippen MR) is 299 cm³/mol.